The van der Waals surface area contributed by atoms with Crippen LogP contribution in [0.2, 0.25) is 5.02 Å². The van der Waals surface area contributed by atoms with Crippen molar-refractivity contribution in [1.29, 1.82) is 0 Å². The zero-order valence-electron chi connectivity index (χ0n) is 13.7. The number of carbonyl (C=O) groups excluding carboxylic acids is 2. The summed E-state index contributed by atoms with van der Waals surface area (Å²) in [7, 11) is 3.25. The maximum absolute atomic E-state index is 12.7. The van der Waals surface area contributed by atoms with Crippen molar-refractivity contribution in [3.63, 3.8) is 0 Å². The first-order chi connectivity index (χ1) is 12.0. The highest BCUT2D eigenvalue weighted by molar-refractivity contribution is 7.21. The maximum atomic E-state index is 12.7. The smallest absolute Gasteiger partial charge is 0.351 e. The molecule has 0 aliphatic heterocycles. The van der Waals surface area contributed by atoms with E-state index in [1.54, 1.807) is 38.4 Å². The summed E-state index contributed by atoms with van der Waals surface area (Å²) in [4.78, 5) is 26.9. The number of ether oxygens (including phenoxy) is 1. The fourth-order valence-corrected chi connectivity index (χ4v) is 3.82. The molecule has 0 fully saturated rings. The van der Waals surface area contributed by atoms with E-state index in [0.717, 1.165) is 10.1 Å². The van der Waals surface area contributed by atoms with Crippen molar-refractivity contribution in [3.8, 4) is 0 Å². The average Bonchev–Trinajstić information content (AvgIpc) is 2.97. The van der Waals surface area contributed by atoms with Gasteiger partial charge in [0.2, 0.25) is 6.10 Å². The van der Waals surface area contributed by atoms with Gasteiger partial charge in [0.15, 0.2) is 0 Å². The third-order valence-electron chi connectivity index (χ3n) is 3.71. The van der Waals surface area contributed by atoms with Gasteiger partial charge in [0.25, 0.3) is 5.91 Å². The third kappa shape index (κ3) is 3.52. The van der Waals surface area contributed by atoms with Gasteiger partial charge in [-0.25, -0.2) is 4.79 Å². The lowest BCUT2D eigenvalue weighted by atomic mass is 10.1. The molecule has 2 aromatic carbocycles. The number of benzene rings is 2. The Kier molecular flexibility index (Phi) is 5.06. The van der Waals surface area contributed by atoms with Gasteiger partial charge < -0.3 is 9.64 Å². The Morgan fingerprint density at radius 1 is 1.04 bits per heavy atom. The molecule has 6 heteroatoms. The van der Waals surface area contributed by atoms with Crippen LogP contribution in [0.15, 0.2) is 54.6 Å². The van der Waals surface area contributed by atoms with Crippen molar-refractivity contribution in [3.05, 3.63) is 70.1 Å². The first-order valence-electron chi connectivity index (χ1n) is 7.63. The summed E-state index contributed by atoms with van der Waals surface area (Å²) >= 11 is 7.60. The summed E-state index contributed by atoms with van der Waals surface area (Å²) in [5, 5.41) is 1.16. The van der Waals surface area contributed by atoms with Crippen LogP contribution < -0.4 is 0 Å². The number of likely N-dealkylation sites (N-methyl/N-ethyl adjacent to an activating group) is 1. The molecule has 0 saturated carbocycles. The van der Waals surface area contributed by atoms with E-state index in [-0.39, 0.29) is 5.91 Å². The van der Waals surface area contributed by atoms with Crippen molar-refractivity contribution in [2.45, 2.75) is 6.10 Å². The fraction of sp³-hybridized carbons (Fsp3) is 0.158. The van der Waals surface area contributed by atoms with Gasteiger partial charge >= 0.3 is 5.97 Å². The van der Waals surface area contributed by atoms with E-state index in [0.29, 0.717) is 15.5 Å². The van der Waals surface area contributed by atoms with E-state index in [1.807, 2.05) is 30.3 Å². The first-order valence-corrected chi connectivity index (χ1v) is 8.82. The van der Waals surface area contributed by atoms with Crippen LogP contribution in [0, 0.1) is 0 Å². The molecule has 0 unspecified atom stereocenters. The highest BCUT2D eigenvalue weighted by atomic mass is 35.5. The molecular weight excluding hydrogens is 358 g/mol. The quantitative estimate of drug-likeness (QED) is 0.631. The van der Waals surface area contributed by atoms with E-state index < -0.39 is 12.1 Å². The molecule has 0 spiro atoms. The van der Waals surface area contributed by atoms with Gasteiger partial charge in [-0.05, 0) is 6.07 Å². The molecule has 3 rings (SSSR count). The lowest BCUT2D eigenvalue weighted by Crippen LogP contribution is -2.31. The molecular formula is C19H16ClNO3S. The lowest BCUT2D eigenvalue weighted by Gasteiger charge is -2.21. The molecule has 128 valence electrons. The number of hydrogen-bond acceptors (Lipinski definition) is 4. The van der Waals surface area contributed by atoms with Gasteiger partial charge in [-0.1, -0.05) is 60.1 Å². The maximum Gasteiger partial charge on any atom is 0.351 e. The lowest BCUT2D eigenvalue weighted by molar-refractivity contribution is -0.138. The van der Waals surface area contributed by atoms with Gasteiger partial charge in [0, 0.05) is 29.7 Å². The van der Waals surface area contributed by atoms with Crippen LogP contribution in [-0.2, 0) is 9.53 Å². The van der Waals surface area contributed by atoms with Crippen molar-refractivity contribution in [2.75, 3.05) is 14.1 Å². The molecule has 25 heavy (non-hydrogen) atoms. The van der Waals surface area contributed by atoms with E-state index in [2.05, 4.69) is 0 Å². The molecule has 1 aromatic heterocycles. The molecule has 0 aliphatic rings. The summed E-state index contributed by atoms with van der Waals surface area (Å²) in [6, 6.07) is 16.4. The fourth-order valence-electron chi connectivity index (χ4n) is 2.43. The highest BCUT2D eigenvalue weighted by Crippen LogP contribution is 2.36. The number of carbonyl (C=O) groups is 2. The Morgan fingerprint density at radius 3 is 2.32 bits per heavy atom. The molecule has 0 saturated heterocycles. The zero-order valence-corrected chi connectivity index (χ0v) is 15.3. The van der Waals surface area contributed by atoms with Gasteiger partial charge in [-0.15, -0.1) is 11.3 Å². The normalized spacial score (nSPS) is 12.0. The molecule has 1 heterocycles. The Morgan fingerprint density at radius 2 is 1.68 bits per heavy atom. The summed E-state index contributed by atoms with van der Waals surface area (Å²) in [5.74, 6) is -0.910. The second kappa shape index (κ2) is 7.25. The number of fused-ring (bicyclic) bond motifs is 1. The molecule has 0 aliphatic carbocycles. The largest absolute Gasteiger partial charge is 0.443 e. The van der Waals surface area contributed by atoms with Gasteiger partial charge in [0.1, 0.15) is 4.88 Å². The van der Waals surface area contributed by atoms with E-state index >= 15 is 0 Å². The van der Waals surface area contributed by atoms with Crippen LogP contribution >= 0.6 is 22.9 Å². The summed E-state index contributed by atoms with van der Waals surface area (Å²) in [6.45, 7) is 0. The summed E-state index contributed by atoms with van der Waals surface area (Å²) in [6.07, 6.45) is -1.01. The third-order valence-corrected chi connectivity index (χ3v) is 5.37. The van der Waals surface area contributed by atoms with E-state index in [1.165, 1.54) is 16.2 Å². The minimum atomic E-state index is -1.01. The van der Waals surface area contributed by atoms with Gasteiger partial charge in [-0.3, -0.25) is 4.79 Å². The van der Waals surface area contributed by atoms with E-state index in [9.17, 15) is 9.59 Å². The second-order valence-corrected chi connectivity index (χ2v) is 7.10. The number of nitrogens with zero attached hydrogens (tertiary/aromatic N) is 1. The second-order valence-electron chi connectivity index (χ2n) is 5.67. The number of thiophene rings is 1. The van der Waals surface area contributed by atoms with Crippen molar-refractivity contribution in [1.82, 2.24) is 4.90 Å². The van der Waals surface area contributed by atoms with Gasteiger partial charge in [-0.2, -0.15) is 0 Å². The standard InChI is InChI=1S/C19H16ClNO3S/c1-21(2)18(22)16(12-8-4-3-5-9-12)24-19(23)17-15(20)13-10-6-7-11-14(13)25-17/h3-11,16H,1-2H3/t16-/m0/s1. The Balaban J connectivity index is 1.94. The summed E-state index contributed by atoms with van der Waals surface area (Å²) in [5.41, 5.74) is 0.617. The summed E-state index contributed by atoms with van der Waals surface area (Å²) < 4.78 is 6.45. The Bertz CT molecular complexity index is 921. The predicted molar refractivity (Wildman–Crippen MR) is 100 cm³/mol. The zero-order chi connectivity index (χ0) is 18.0. The molecule has 0 radical (unpaired) electrons. The first kappa shape index (κ1) is 17.5. The Hall–Kier alpha value is -2.37. The van der Waals surface area contributed by atoms with Crippen molar-refractivity contribution < 1.29 is 14.3 Å². The molecule has 1 amide bonds. The SMILES string of the molecule is CN(C)C(=O)[C@@H](OC(=O)c1sc2ccccc2c1Cl)c1ccccc1. The molecule has 0 N–H and O–H groups in total. The number of rotatable bonds is 4. The average molecular weight is 374 g/mol. The topological polar surface area (TPSA) is 46.6 Å². The molecule has 4 nitrogen and oxygen atoms in total. The van der Waals surface area contributed by atoms with Crippen LogP contribution in [0.4, 0.5) is 0 Å². The molecule has 0 bridgehead atoms. The van der Waals surface area contributed by atoms with Crippen LogP contribution in [0.3, 0.4) is 0 Å². The number of amides is 1. The molecule has 1 atom stereocenters. The number of hydrogen-bond donors (Lipinski definition) is 0. The Labute approximate surface area is 154 Å². The predicted octanol–water partition coefficient (Wildman–Crippen LogP) is 4.54. The van der Waals surface area contributed by atoms with Crippen molar-refractivity contribution >= 4 is 44.9 Å². The molecule has 3 aromatic rings. The highest BCUT2D eigenvalue weighted by Gasteiger charge is 2.29. The minimum Gasteiger partial charge on any atom is -0.443 e. The van der Waals surface area contributed by atoms with Crippen LogP contribution in [0.25, 0.3) is 10.1 Å². The monoisotopic (exact) mass is 373 g/mol. The number of halogens is 1. The minimum absolute atomic E-state index is 0.301. The van der Waals surface area contributed by atoms with Crippen LogP contribution in [0.5, 0.6) is 0 Å². The van der Waals surface area contributed by atoms with E-state index in [4.69, 9.17) is 16.3 Å². The van der Waals surface area contributed by atoms with Crippen LogP contribution in [0.1, 0.15) is 21.3 Å². The number of esters is 1. The van der Waals surface area contributed by atoms with Gasteiger partial charge in [0.05, 0.1) is 5.02 Å². The van der Waals surface area contributed by atoms with Crippen LogP contribution in [-0.4, -0.2) is 30.9 Å². The van der Waals surface area contributed by atoms with Crippen molar-refractivity contribution in [2.24, 2.45) is 0 Å².